The normalized spacial score (nSPS) is 15.8. The van der Waals surface area contributed by atoms with Crippen molar-refractivity contribution in [1.82, 2.24) is 4.98 Å². The number of rotatable bonds is 0. The first-order chi connectivity index (χ1) is 6.83. The first-order valence-electron chi connectivity index (χ1n) is 5.22. The maximum atomic E-state index is 5.52. The van der Waals surface area contributed by atoms with Gasteiger partial charge in [-0.1, -0.05) is 0 Å². The van der Waals surface area contributed by atoms with E-state index < -0.39 is 0 Å². The SMILES string of the molecule is Cc1nc2cc3c(cc2o1)CCCC3. The number of hydrogen-bond acceptors (Lipinski definition) is 2. The third-order valence-electron chi connectivity index (χ3n) is 2.96. The van der Waals surface area contributed by atoms with Crippen molar-refractivity contribution in [3.05, 3.63) is 29.2 Å². The Kier molecular flexibility index (Phi) is 1.63. The Bertz CT molecular complexity index is 441. The Balaban J connectivity index is 2.26. The van der Waals surface area contributed by atoms with Gasteiger partial charge < -0.3 is 4.42 Å². The van der Waals surface area contributed by atoms with Crippen molar-refractivity contribution in [3.63, 3.8) is 0 Å². The maximum Gasteiger partial charge on any atom is 0.192 e. The van der Waals surface area contributed by atoms with Gasteiger partial charge in [-0.2, -0.15) is 0 Å². The van der Waals surface area contributed by atoms with Crippen LogP contribution in [0.4, 0.5) is 0 Å². The minimum Gasteiger partial charge on any atom is -0.441 e. The van der Waals surface area contributed by atoms with E-state index in [1.807, 2.05) is 6.92 Å². The van der Waals surface area contributed by atoms with Gasteiger partial charge in [0.2, 0.25) is 0 Å². The molecule has 0 atom stereocenters. The summed E-state index contributed by atoms with van der Waals surface area (Å²) in [5.41, 5.74) is 4.89. The van der Waals surface area contributed by atoms with Crippen LogP contribution in [0.2, 0.25) is 0 Å². The van der Waals surface area contributed by atoms with Crippen LogP contribution in [0, 0.1) is 6.92 Å². The number of oxazole rings is 1. The Labute approximate surface area is 82.9 Å². The van der Waals surface area contributed by atoms with E-state index in [-0.39, 0.29) is 0 Å². The zero-order valence-electron chi connectivity index (χ0n) is 8.34. The largest absolute Gasteiger partial charge is 0.441 e. The zero-order valence-corrected chi connectivity index (χ0v) is 8.34. The van der Waals surface area contributed by atoms with Gasteiger partial charge in [0, 0.05) is 6.92 Å². The molecule has 3 rings (SSSR count). The molecule has 1 aromatic heterocycles. The average Bonchev–Trinajstić information content (AvgIpc) is 2.53. The highest BCUT2D eigenvalue weighted by Crippen LogP contribution is 2.26. The van der Waals surface area contributed by atoms with Gasteiger partial charge in [0.25, 0.3) is 0 Å². The van der Waals surface area contributed by atoms with Crippen molar-refractivity contribution in [3.8, 4) is 0 Å². The average molecular weight is 187 g/mol. The molecule has 0 N–H and O–H groups in total. The maximum absolute atomic E-state index is 5.52. The highest BCUT2D eigenvalue weighted by atomic mass is 16.3. The predicted molar refractivity (Wildman–Crippen MR) is 55.4 cm³/mol. The smallest absolute Gasteiger partial charge is 0.192 e. The van der Waals surface area contributed by atoms with Gasteiger partial charge in [-0.15, -0.1) is 0 Å². The van der Waals surface area contributed by atoms with Gasteiger partial charge in [-0.3, -0.25) is 0 Å². The molecule has 1 aliphatic carbocycles. The molecule has 14 heavy (non-hydrogen) atoms. The third-order valence-corrected chi connectivity index (χ3v) is 2.96. The molecule has 0 saturated carbocycles. The fourth-order valence-corrected chi connectivity index (χ4v) is 2.27. The Hall–Kier alpha value is -1.31. The molecule has 0 spiro atoms. The zero-order chi connectivity index (χ0) is 9.54. The van der Waals surface area contributed by atoms with E-state index in [0.717, 1.165) is 17.0 Å². The second kappa shape index (κ2) is 2.84. The van der Waals surface area contributed by atoms with Gasteiger partial charge in [-0.05, 0) is 48.9 Å². The summed E-state index contributed by atoms with van der Waals surface area (Å²) in [5, 5.41) is 0. The van der Waals surface area contributed by atoms with Crippen molar-refractivity contribution < 1.29 is 4.42 Å². The summed E-state index contributed by atoms with van der Waals surface area (Å²) in [6.45, 7) is 1.90. The molecule has 2 nitrogen and oxygen atoms in total. The lowest BCUT2D eigenvalue weighted by Crippen LogP contribution is -2.01. The molecule has 0 bridgehead atoms. The van der Waals surface area contributed by atoms with Crippen LogP contribution in [-0.2, 0) is 12.8 Å². The van der Waals surface area contributed by atoms with Crippen LogP contribution in [0.3, 0.4) is 0 Å². The van der Waals surface area contributed by atoms with Crippen LogP contribution in [0.1, 0.15) is 29.9 Å². The monoisotopic (exact) mass is 187 g/mol. The minimum atomic E-state index is 0.766. The first kappa shape index (κ1) is 8.04. The number of nitrogens with zero attached hydrogens (tertiary/aromatic N) is 1. The molecular formula is C12H13NO. The van der Waals surface area contributed by atoms with Crippen LogP contribution in [-0.4, -0.2) is 4.98 Å². The molecule has 0 radical (unpaired) electrons. The van der Waals surface area contributed by atoms with E-state index in [1.54, 1.807) is 0 Å². The lowest BCUT2D eigenvalue weighted by Gasteiger charge is -2.14. The molecule has 0 saturated heterocycles. The number of hydrogen-bond donors (Lipinski definition) is 0. The van der Waals surface area contributed by atoms with E-state index in [2.05, 4.69) is 17.1 Å². The summed E-state index contributed by atoms with van der Waals surface area (Å²) in [4.78, 5) is 4.35. The predicted octanol–water partition coefficient (Wildman–Crippen LogP) is 3.02. The fourth-order valence-electron chi connectivity index (χ4n) is 2.27. The van der Waals surface area contributed by atoms with Crippen LogP contribution < -0.4 is 0 Å². The topological polar surface area (TPSA) is 26.0 Å². The molecule has 0 amide bonds. The minimum absolute atomic E-state index is 0.766. The Morgan fingerprint density at radius 1 is 1.14 bits per heavy atom. The lowest BCUT2D eigenvalue weighted by molar-refractivity contribution is 0.560. The fraction of sp³-hybridized carbons (Fsp3) is 0.417. The number of aryl methyl sites for hydroxylation is 3. The number of fused-ring (bicyclic) bond motifs is 2. The molecule has 0 aliphatic heterocycles. The van der Waals surface area contributed by atoms with Gasteiger partial charge >= 0.3 is 0 Å². The molecule has 1 heterocycles. The molecule has 2 heteroatoms. The van der Waals surface area contributed by atoms with Gasteiger partial charge in [0.15, 0.2) is 11.5 Å². The Morgan fingerprint density at radius 3 is 2.64 bits per heavy atom. The van der Waals surface area contributed by atoms with E-state index >= 15 is 0 Å². The first-order valence-corrected chi connectivity index (χ1v) is 5.22. The standard InChI is InChI=1S/C12H13NO/c1-8-13-11-6-9-4-2-3-5-10(9)7-12(11)14-8/h6-7H,2-5H2,1H3. The van der Waals surface area contributed by atoms with E-state index in [1.165, 1.54) is 36.8 Å². The lowest BCUT2D eigenvalue weighted by atomic mass is 9.91. The number of benzene rings is 1. The van der Waals surface area contributed by atoms with Crippen molar-refractivity contribution in [1.29, 1.82) is 0 Å². The van der Waals surface area contributed by atoms with Crippen molar-refractivity contribution >= 4 is 11.1 Å². The van der Waals surface area contributed by atoms with E-state index in [9.17, 15) is 0 Å². The third kappa shape index (κ3) is 1.14. The van der Waals surface area contributed by atoms with E-state index in [4.69, 9.17) is 4.42 Å². The summed E-state index contributed by atoms with van der Waals surface area (Å²) in [7, 11) is 0. The molecule has 72 valence electrons. The molecule has 1 aromatic carbocycles. The highest BCUT2D eigenvalue weighted by molar-refractivity contribution is 5.75. The van der Waals surface area contributed by atoms with Gasteiger partial charge in [0.1, 0.15) is 5.52 Å². The molecule has 1 aliphatic rings. The van der Waals surface area contributed by atoms with E-state index in [0.29, 0.717) is 0 Å². The molecular weight excluding hydrogens is 174 g/mol. The quantitative estimate of drug-likeness (QED) is 0.633. The highest BCUT2D eigenvalue weighted by Gasteiger charge is 2.12. The van der Waals surface area contributed by atoms with Crippen molar-refractivity contribution in [2.45, 2.75) is 32.6 Å². The van der Waals surface area contributed by atoms with Crippen LogP contribution in [0.5, 0.6) is 0 Å². The second-order valence-electron chi connectivity index (χ2n) is 4.03. The van der Waals surface area contributed by atoms with Gasteiger partial charge in [-0.25, -0.2) is 4.98 Å². The molecule has 2 aromatic rings. The Morgan fingerprint density at radius 2 is 1.86 bits per heavy atom. The summed E-state index contributed by atoms with van der Waals surface area (Å²) >= 11 is 0. The molecule has 0 fully saturated rings. The summed E-state index contributed by atoms with van der Waals surface area (Å²) in [5.74, 6) is 0.766. The van der Waals surface area contributed by atoms with Crippen LogP contribution in [0.15, 0.2) is 16.5 Å². The van der Waals surface area contributed by atoms with Crippen molar-refractivity contribution in [2.24, 2.45) is 0 Å². The summed E-state index contributed by atoms with van der Waals surface area (Å²) < 4.78 is 5.52. The van der Waals surface area contributed by atoms with Crippen LogP contribution >= 0.6 is 0 Å². The van der Waals surface area contributed by atoms with Crippen LogP contribution in [0.25, 0.3) is 11.1 Å². The van der Waals surface area contributed by atoms with Gasteiger partial charge in [0.05, 0.1) is 0 Å². The molecule has 0 unspecified atom stereocenters. The second-order valence-corrected chi connectivity index (χ2v) is 4.03. The van der Waals surface area contributed by atoms with Crippen molar-refractivity contribution in [2.75, 3.05) is 0 Å². The summed E-state index contributed by atoms with van der Waals surface area (Å²) in [6, 6.07) is 4.37. The summed E-state index contributed by atoms with van der Waals surface area (Å²) in [6.07, 6.45) is 5.03. The number of aromatic nitrogens is 1.